The van der Waals surface area contributed by atoms with Crippen molar-refractivity contribution in [1.29, 1.82) is 0 Å². The van der Waals surface area contributed by atoms with Crippen molar-refractivity contribution >= 4 is 11.4 Å². The molecule has 0 radical (unpaired) electrons. The molecular weight excluding hydrogens is 258 g/mol. The molecule has 3 rings (SSSR count). The van der Waals surface area contributed by atoms with Crippen LogP contribution in [-0.4, -0.2) is 43.7 Å². The van der Waals surface area contributed by atoms with Crippen molar-refractivity contribution in [1.82, 2.24) is 4.90 Å². The van der Waals surface area contributed by atoms with E-state index >= 15 is 0 Å². The molecule has 1 aromatic rings. The Kier molecular flexibility index (Phi) is 4.39. The van der Waals surface area contributed by atoms with E-state index in [0.29, 0.717) is 18.0 Å². The molecular formula is C18H29N3. The lowest BCUT2D eigenvalue weighted by Crippen LogP contribution is -2.48. The summed E-state index contributed by atoms with van der Waals surface area (Å²) in [4.78, 5) is 4.96. The summed E-state index contributed by atoms with van der Waals surface area (Å²) in [6, 6.07) is 10.3. The number of benzene rings is 1. The minimum Gasteiger partial charge on any atom is -0.382 e. The van der Waals surface area contributed by atoms with Gasteiger partial charge in [-0.2, -0.15) is 0 Å². The van der Waals surface area contributed by atoms with E-state index in [4.69, 9.17) is 0 Å². The third-order valence-corrected chi connectivity index (χ3v) is 5.30. The van der Waals surface area contributed by atoms with Crippen molar-refractivity contribution in [3.8, 4) is 0 Å². The molecule has 0 spiro atoms. The molecule has 2 aliphatic heterocycles. The van der Waals surface area contributed by atoms with Gasteiger partial charge in [0, 0.05) is 43.1 Å². The fourth-order valence-electron chi connectivity index (χ4n) is 3.70. The summed E-state index contributed by atoms with van der Waals surface area (Å²) < 4.78 is 0. The third kappa shape index (κ3) is 3.34. The average Bonchev–Trinajstić information content (AvgIpc) is 3.00. The topological polar surface area (TPSA) is 18.5 Å². The Balaban J connectivity index is 1.62. The summed E-state index contributed by atoms with van der Waals surface area (Å²) in [6.45, 7) is 8.31. The molecule has 0 amide bonds. The van der Waals surface area contributed by atoms with Gasteiger partial charge < -0.3 is 15.1 Å². The molecule has 3 unspecified atom stereocenters. The average molecular weight is 287 g/mol. The van der Waals surface area contributed by atoms with Gasteiger partial charge in [-0.25, -0.2) is 0 Å². The minimum atomic E-state index is 0.592. The van der Waals surface area contributed by atoms with E-state index in [2.05, 4.69) is 60.3 Å². The van der Waals surface area contributed by atoms with Crippen molar-refractivity contribution in [2.24, 2.45) is 5.92 Å². The minimum absolute atomic E-state index is 0.592. The van der Waals surface area contributed by atoms with Gasteiger partial charge in [-0.1, -0.05) is 6.92 Å². The number of nitrogens with zero attached hydrogens (tertiary/aromatic N) is 2. The second kappa shape index (κ2) is 6.27. The number of anilines is 2. The van der Waals surface area contributed by atoms with Crippen LogP contribution in [0.5, 0.6) is 0 Å². The molecule has 2 aliphatic rings. The Bertz CT molecular complexity index is 450. The molecule has 116 valence electrons. The van der Waals surface area contributed by atoms with Crippen LogP contribution in [0.2, 0.25) is 0 Å². The van der Waals surface area contributed by atoms with E-state index < -0.39 is 0 Å². The molecule has 1 N–H and O–H groups in total. The van der Waals surface area contributed by atoms with Crippen LogP contribution in [0.4, 0.5) is 11.4 Å². The Morgan fingerprint density at radius 3 is 2.38 bits per heavy atom. The lowest BCUT2D eigenvalue weighted by Gasteiger charge is -2.40. The second-order valence-electron chi connectivity index (χ2n) is 6.99. The van der Waals surface area contributed by atoms with E-state index in [1.807, 2.05) is 0 Å². The number of hydrogen-bond acceptors (Lipinski definition) is 3. The van der Waals surface area contributed by atoms with Gasteiger partial charge >= 0.3 is 0 Å². The number of piperidine rings is 1. The third-order valence-electron chi connectivity index (χ3n) is 5.30. The summed E-state index contributed by atoms with van der Waals surface area (Å²) in [7, 11) is 2.24. The highest BCUT2D eigenvalue weighted by atomic mass is 15.2. The van der Waals surface area contributed by atoms with Crippen molar-refractivity contribution < 1.29 is 0 Å². The zero-order valence-corrected chi connectivity index (χ0v) is 13.7. The number of rotatable bonds is 3. The molecule has 3 heteroatoms. The van der Waals surface area contributed by atoms with E-state index in [0.717, 1.165) is 0 Å². The van der Waals surface area contributed by atoms with E-state index in [9.17, 15) is 0 Å². The highest BCUT2D eigenvalue weighted by molar-refractivity contribution is 5.55. The van der Waals surface area contributed by atoms with Gasteiger partial charge in [0.05, 0.1) is 0 Å². The van der Waals surface area contributed by atoms with E-state index in [1.165, 1.54) is 50.3 Å². The zero-order valence-electron chi connectivity index (χ0n) is 13.7. The van der Waals surface area contributed by atoms with Crippen LogP contribution in [0.25, 0.3) is 0 Å². The molecule has 2 heterocycles. The standard InChI is InChI=1S/C18H29N3/c1-14-13-20(3)15(2)12-18(14)19-16-6-8-17(9-7-16)21-10-4-5-11-21/h6-9,14-15,18-19H,4-5,10-13H2,1-3H3. The normalized spacial score (nSPS) is 30.6. The van der Waals surface area contributed by atoms with Crippen LogP contribution in [0.1, 0.15) is 33.1 Å². The Morgan fingerprint density at radius 2 is 1.71 bits per heavy atom. The van der Waals surface area contributed by atoms with Gasteiger partial charge in [0.15, 0.2) is 0 Å². The highest BCUT2D eigenvalue weighted by Crippen LogP contribution is 2.26. The van der Waals surface area contributed by atoms with Gasteiger partial charge in [-0.05, 0) is 63.4 Å². The van der Waals surface area contributed by atoms with Crippen molar-refractivity contribution in [2.75, 3.05) is 36.9 Å². The lowest BCUT2D eigenvalue weighted by molar-refractivity contribution is 0.145. The van der Waals surface area contributed by atoms with Crippen LogP contribution in [-0.2, 0) is 0 Å². The summed E-state index contributed by atoms with van der Waals surface area (Å²) in [5.74, 6) is 0.699. The lowest BCUT2D eigenvalue weighted by atomic mass is 9.89. The Labute approximate surface area is 129 Å². The first-order valence-electron chi connectivity index (χ1n) is 8.45. The van der Waals surface area contributed by atoms with Gasteiger partial charge in [0.25, 0.3) is 0 Å². The molecule has 0 bridgehead atoms. The van der Waals surface area contributed by atoms with Crippen molar-refractivity contribution in [3.05, 3.63) is 24.3 Å². The summed E-state index contributed by atoms with van der Waals surface area (Å²) >= 11 is 0. The first-order valence-corrected chi connectivity index (χ1v) is 8.45. The second-order valence-corrected chi connectivity index (χ2v) is 6.99. The number of likely N-dealkylation sites (tertiary alicyclic amines) is 1. The smallest absolute Gasteiger partial charge is 0.0367 e. The molecule has 2 saturated heterocycles. The van der Waals surface area contributed by atoms with Crippen LogP contribution in [0, 0.1) is 5.92 Å². The fourth-order valence-corrected chi connectivity index (χ4v) is 3.70. The Morgan fingerprint density at radius 1 is 1.05 bits per heavy atom. The largest absolute Gasteiger partial charge is 0.382 e. The van der Waals surface area contributed by atoms with Crippen molar-refractivity contribution in [2.45, 2.75) is 45.2 Å². The molecule has 0 saturated carbocycles. The first-order chi connectivity index (χ1) is 10.1. The highest BCUT2D eigenvalue weighted by Gasteiger charge is 2.28. The molecule has 1 aromatic carbocycles. The van der Waals surface area contributed by atoms with Gasteiger partial charge in [-0.15, -0.1) is 0 Å². The first kappa shape index (κ1) is 14.7. The quantitative estimate of drug-likeness (QED) is 0.919. The maximum absolute atomic E-state index is 3.75. The SMILES string of the molecule is CC1CN(C)C(C)CC1Nc1ccc(N2CCCC2)cc1. The molecule has 0 aromatic heterocycles. The predicted octanol–water partition coefficient (Wildman–Crippen LogP) is 3.43. The van der Waals surface area contributed by atoms with Crippen LogP contribution >= 0.6 is 0 Å². The predicted molar refractivity (Wildman–Crippen MR) is 91.2 cm³/mol. The van der Waals surface area contributed by atoms with Crippen LogP contribution < -0.4 is 10.2 Å². The maximum Gasteiger partial charge on any atom is 0.0367 e. The van der Waals surface area contributed by atoms with Gasteiger partial charge in [0.2, 0.25) is 0 Å². The maximum atomic E-state index is 3.75. The van der Waals surface area contributed by atoms with Crippen molar-refractivity contribution in [3.63, 3.8) is 0 Å². The molecule has 21 heavy (non-hydrogen) atoms. The fraction of sp³-hybridized carbons (Fsp3) is 0.667. The molecule has 2 fully saturated rings. The molecule has 0 aliphatic carbocycles. The number of nitrogens with one attached hydrogen (secondary N) is 1. The van der Waals surface area contributed by atoms with E-state index in [1.54, 1.807) is 0 Å². The zero-order chi connectivity index (χ0) is 14.8. The summed E-state index contributed by atoms with van der Waals surface area (Å²) in [6.07, 6.45) is 3.90. The van der Waals surface area contributed by atoms with Crippen LogP contribution in [0.15, 0.2) is 24.3 Å². The summed E-state index contributed by atoms with van der Waals surface area (Å²) in [5.41, 5.74) is 2.65. The molecule has 3 nitrogen and oxygen atoms in total. The van der Waals surface area contributed by atoms with Gasteiger partial charge in [0.1, 0.15) is 0 Å². The monoisotopic (exact) mass is 287 g/mol. The number of hydrogen-bond donors (Lipinski definition) is 1. The Hall–Kier alpha value is -1.22. The van der Waals surface area contributed by atoms with E-state index in [-0.39, 0.29) is 0 Å². The van der Waals surface area contributed by atoms with Gasteiger partial charge in [-0.3, -0.25) is 0 Å². The molecule has 3 atom stereocenters. The van der Waals surface area contributed by atoms with Crippen LogP contribution in [0.3, 0.4) is 0 Å². The summed E-state index contributed by atoms with van der Waals surface area (Å²) in [5, 5.41) is 3.75.